The van der Waals surface area contributed by atoms with Gasteiger partial charge < -0.3 is 14.3 Å². The zero-order chi connectivity index (χ0) is 17.2. The van der Waals surface area contributed by atoms with Crippen molar-refractivity contribution in [1.29, 1.82) is 0 Å². The predicted octanol–water partition coefficient (Wildman–Crippen LogP) is 4.02. The van der Waals surface area contributed by atoms with E-state index in [4.69, 9.17) is 14.3 Å². The maximum atomic E-state index is 11.5. The number of carbonyl (C=O) groups excluding carboxylic acids is 1. The molecule has 0 aliphatic heterocycles. The van der Waals surface area contributed by atoms with E-state index in [2.05, 4.69) is 0 Å². The second kappa shape index (κ2) is 8.95. The monoisotopic (exact) mass is 324 g/mol. The van der Waals surface area contributed by atoms with Gasteiger partial charge in [0.1, 0.15) is 12.4 Å². The van der Waals surface area contributed by atoms with E-state index < -0.39 is 5.97 Å². The molecule has 24 heavy (non-hydrogen) atoms. The van der Waals surface area contributed by atoms with E-state index in [1.54, 1.807) is 73.0 Å². The first-order valence-corrected chi connectivity index (χ1v) is 7.19. The Kier molecular flexibility index (Phi) is 6.35. The molecule has 0 radical (unpaired) electrons. The van der Waals surface area contributed by atoms with Crippen LogP contribution in [0.2, 0.25) is 0 Å². The summed E-state index contributed by atoms with van der Waals surface area (Å²) < 4.78 is 10.1. The SMILES string of the molecule is O=C(O)c1ccccc1.O=C(OCc1ccco1)c1ccccc1. The first kappa shape index (κ1) is 17.0. The molecule has 0 spiro atoms. The van der Waals surface area contributed by atoms with Gasteiger partial charge in [-0.15, -0.1) is 0 Å². The predicted molar refractivity (Wildman–Crippen MR) is 87.7 cm³/mol. The number of esters is 1. The van der Waals surface area contributed by atoms with Gasteiger partial charge in [0.05, 0.1) is 17.4 Å². The van der Waals surface area contributed by atoms with E-state index in [0.29, 0.717) is 16.9 Å². The lowest BCUT2D eigenvalue weighted by atomic mass is 10.2. The van der Waals surface area contributed by atoms with Gasteiger partial charge in [0, 0.05) is 0 Å². The minimum atomic E-state index is -0.879. The first-order chi connectivity index (χ1) is 11.7. The molecule has 0 amide bonds. The summed E-state index contributed by atoms with van der Waals surface area (Å²) in [6.45, 7) is 0.167. The van der Waals surface area contributed by atoms with Crippen molar-refractivity contribution in [2.75, 3.05) is 0 Å². The molecule has 2 aromatic carbocycles. The van der Waals surface area contributed by atoms with Crippen molar-refractivity contribution in [1.82, 2.24) is 0 Å². The Labute approximate surface area is 139 Å². The van der Waals surface area contributed by atoms with Crippen LogP contribution in [0.25, 0.3) is 0 Å². The summed E-state index contributed by atoms with van der Waals surface area (Å²) >= 11 is 0. The number of furan rings is 1. The number of aromatic carboxylic acids is 1. The Morgan fingerprint density at radius 3 is 1.88 bits per heavy atom. The molecule has 0 saturated carbocycles. The first-order valence-electron chi connectivity index (χ1n) is 7.19. The van der Waals surface area contributed by atoms with Gasteiger partial charge in [-0.3, -0.25) is 0 Å². The molecule has 0 fully saturated rings. The van der Waals surface area contributed by atoms with E-state index in [1.807, 2.05) is 6.07 Å². The molecule has 0 unspecified atom stereocenters. The van der Waals surface area contributed by atoms with Crippen LogP contribution in [0.4, 0.5) is 0 Å². The minimum Gasteiger partial charge on any atom is -0.478 e. The molecule has 0 aliphatic carbocycles. The summed E-state index contributed by atoms with van der Waals surface area (Å²) in [6, 6.07) is 20.7. The summed E-state index contributed by atoms with van der Waals surface area (Å²) in [4.78, 5) is 21.7. The third-order valence-corrected chi connectivity index (χ3v) is 2.96. The summed E-state index contributed by atoms with van der Waals surface area (Å²) in [5, 5.41) is 8.38. The molecule has 0 atom stereocenters. The highest BCUT2D eigenvalue weighted by atomic mass is 16.5. The number of rotatable bonds is 4. The van der Waals surface area contributed by atoms with E-state index in [0.717, 1.165) is 0 Å². The van der Waals surface area contributed by atoms with Crippen LogP contribution in [-0.4, -0.2) is 17.0 Å². The summed E-state index contributed by atoms with van der Waals surface area (Å²) in [5.74, 6) is -0.582. The lowest BCUT2D eigenvalue weighted by Crippen LogP contribution is -2.04. The van der Waals surface area contributed by atoms with Crippen molar-refractivity contribution in [3.8, 4) is 0 Å². The molecule has 0 bridgehead atoms. The van der Waals surface area contributed by atoms with E-state index in [1.165, 1.54) is 0 Å². The third kappa shape index (κ3) is 5.46. The molecule has 0 aliphatic rings. The van der Waals surface area contributed by atoms with Gasteiger partial charge in [0.2, 0.25) is 0 Å². The van der Waals surface area contributed by atoms with Gasteiger partial charge in [-0.25, -0.2) is 9.59 Å². The van der Waals surface area contributed by atoms with Gasteiger partial charge in [-0.05, 0) is 36.4 Å². The Balaban J connectivity index is 0.000000198. The van der Waals surface area contributed by atoms with Crippen LogP contribution in [0.5, 0.6) is 0 Å². The van der Waals surface area contributed by atoms with Crippen LogP contribution >= 0.6 is 0 Å². The van der Waals surface area contributed by atoms with E-state index in [-0.39, 0.29) is 12.6 Å². The third-order valence-electron chi connectivity index (χ3n) is 2.96. The smallest absolute Gasteiger partial charge is 0.338 e. The van der Waals surface area contributed by atoms with Crippen molar-refractivity contribution in [3.63, 3.8) is 0 Å². The van der Waals surface area contributed by atoms with Gasteiger partial charge in [0.25, 0.3) is 0 Å². The fourth-order valence-corrected chi connectivity index (χ4v) is 1.77. The zero-order valence-electron chi connectivity index (χ0n) is 12.8. The quantitative estimate of drug-likeness (QED) is 0.733. The molecule has 1 heterocycles. The fraction of sp³-hybridized carbons (Fsp3) is 0.0526. The highest BCUT2D eigenvalue weighted by Gasteiger charge is 2.06. The average molecular weight is 324 g/mol. The van der Waals surface area contributed by atoms with Crippen molar-refractivity contribution in [2.45, 2.75) is 6.61 Å². The lowest BCUT2D eigenvalue weighted by molar-refractivity contribution is 0.0445. The molecule has 1 N–H and O–H groups in total. The normalized spacial score (nSPS) is 9.50. The average Bonchev–Trinajstić information content (AvgIpc) is 3.15. The number of carbonyl (C=O) groups is 2. The molecular formula is C19H16O5. The lowest BCUT2D eigenvalue weighted by Gasteiger charge is -2.01. The fourth-order valence-electron chi connectivity index (χ4n) is 1.77. The molecule has 122 valence electrons. The second-order valence-corrected chi connectivity index (χ2v) is 4.69. The summed E-state index contributed by atoms with van der Waals surface area (Å²) in [5.41, 5.74) is 0.876. The maximum Gasteiger partial charge on any atom is 0.338 e. The number of hydrogen-bond acceptors (Lipinski definition) is 4. The van der Waals surface area contributed by atoms with Crippen LogP contribution in [-0.2, 0) is 11.3 Å². The molecule has 0 saturated heterocycles. The van der Waals surface area contributed by atoms with E-state index >= 15 is 0 Å². The van der Waals surface area contributed by atoms with Crippen LogP contribution in [0.1, 0.15) is 26.5 Å². The number of benzene rings is 2. The molecule has 1 aromatic heterocycles. The van der Waals surface area contributed by atoms with Crippen LogP contribution < -0.4 is 0 Å². The Hall–Kier alpha value is -3.34. The Morgan fingerprint density at radius 2 is 1.42 bits per heavy atom. The minimum absolute atomic E-state index is 0.167. The van der Waals surface area contributed by atoms with Gasteiger partial charge >= 0.3 is 11.9 Å². The van der Waals surface area contributed by atoms with Gasteiger partial charge in [-0.2, -0.15) is 0 Å². The second-order valence-electron chi connectivity index (χ2n) is 4.69. The molecular weight excluding hydrogens is 308 g/mol. The highest BCUT2D eigenvalue weighted by molar-refractivity contribution is 5.89. The van der Waals surface area contributed by atoms with Crippen molar-refractivity contribution in [3.05, 3.63) is 95.9 Å². The molecule has 3 rings (SSSR count). The van der Waals surface area contributed by atoms with Crippen molar-refractivity contribution >= 4 is 11.9 Å². The topological polar surface area (TPSA) is 76.7 Å². The van der Waals surface area contributed by atoms with E-state index in [9.17, 15) is 9.59 Å². The van der Waals surface area contributed by atoms with Crippen LogP contribution in [0.15, 0.2) is 83.5 Å². The van der Waals surface area contributed by atoms with Crippen molar-refractivity contribution < 1.29 is 23.8 Å². The maximum absolute atomic E-state index is 11.5. The van der Waals surface area contributed by atoms with Crippen LogP contribution in [0, 0.1) is 0 Å². The molecule has 3 aromatic rings. The van der Waals surface area contributed by atoms with Gasteiger partial charge in [-0.1, -0.05) is 36.4 Å². The van der Waals surface area contributed by atoms with Crippen molar-refractivity contribution in [2.24, 2.45) is 0 Å². The number of ether oxygens (including phenoxy) is 1. The Morgan fingerprint density at radius 1 is 0.833 bits per heavy atom. The Bertz CT molecular complexity index is 749. The number of carboxylic acids is 1. The number of carboxylic acid groups (broad SMARTS) is 1. The van der Waals surface area contributed by atoms with Gasteiger partial charge in [0.15, 0.2) is 0 Å². The zero-order valence-corrected chi connectivity index (χ0v) is 12.8. The number of hydrogen-bond donors (Lipinski definition) is 1. The van der Waals surface area contributed by atoms with Crippen LogP contribution in [0.3, 0.4) is 0 Å². The highest BCUT2D eigenvalue weighted by Crippen LogP contribution is 2.06. The molecule has 5 nitrogen and oxygen atoms in total. The summed E-state index contributed by atoms with van der Waals surface area (Å²) in [6.07, 6.45) is 1.55. The standard InChI is InChI=1S/C12H10O3.C7H6O2/c13-12(10-5-2-1-3-6-10)15-9-11-7-4-8-14-11;8-7(9)6-4-2-1-3-5-6/h1-8H,9H2;1-5H,(H,8,9). The largest absolute Gasteiger partial charge is 0.478 e. The molecule has 5 heteroatoms. The summed E-state index contributed by atoms with van der Waals surface area (Å²) in [7, 11) is 0.